The molecule has 0 radical (unpaired) electrons. The van der Waals surface area contributed by atoms with Gasteiger partial charge in [0.1, 0.15) is 0 Å². The fourth-order valence-electron chi connectivity index (χ4n) is 2.40. The van der Waals surface area contributed by atoms with Crippen LogP contribution in [0.2, 0.25) is 0 Å². The zero-order valence-electron chi connectivity index (χ0n) is 12.0. The molecule has 0 spiro atoms. The zero-order valence-corrected chi connectivity index (χ0v) is 12.8. The number of aryl methyl sites for hydroxylation is 2. The number of anilines is 1. The standard InChI is InChI=1S/C13H23N3O3S/c1-9-10(2)20-13(14-9)16-4-3-15(5-12(19)6-16)11(7-17)8-18/h11-12,17-19H,3-8H2,1-2H3. The summed E-state index contributed by atoms with van der Waals surface area (Å²) < 4.78 is 0. The minimum Gasteiger partial charge on any atom is -0.395 e. The van der Waals surface area contributed by atoms with E-state index in [1.165, 1.54) is 4.88 Å². The number of nitrogens with zero attached hydrogens (tertiary/aromatic N) is 3. The van der Waals surface area contributed by atoms with Gasteiger partial charge in [0, 0.05) is 31.1 Å². The molecule has 1 aromatic rings. The van der Waals surface area contributed by atoms with Gasteiger partial charge in [-0.2, -0.15) is 0 Å². The van der Waals surface area contributed by atoms with Crippen LogP contribution in [0.4, 0.5) is 5.13 Å². The van der Waals surface area contributed by atoms with E-state index in [9.17, 15) is 15.3 Å². The van der Waals surface area contributed by atoms with Crippen LogP contribution in [0, 0.1) is 13.8 Å². The smallest absolute Gasteiger partial charge is 0.185 e. The quantitative estimate of drug-likeness (QED) is 0.702. The summed E-state index contributed by atoms with van der Waals surface area (Å²) in [5, 5.41) is 29.6. The maximum atomic E-state index is 10.1. The first-order chi connectivity index (χ1) is 9.55. The highest BCUT2D eigenvalue weighted by molar-refractivity contribution is 7.15. The van der Waals surface area contributed by atoms with Gasteiger partial charge in [0.25, 0.3) is 0 Å². The van der Waals surface area contributed by atoms with E-state index in [4.69, 9.17) is 0 Å². The predicted octanol–water partition coefficient (Wildman–Crippen LogP) is -0.404. The Balaban J connectivity index is 2.08. The second-order valence-electron chi connectivity index (χ2n) is 5.25. The van der Waals surface area contributed by atoms with Gasteiger partial charge in [-0.3, -0.25) is 4.90 Å². The van der Waals surface area contributed by atoms with Gasteiger partial charge in [-0.15, -0.1) is 11.3 Å². The van der Waals surface area contributed by atoms with Crippen LogP contribution in [0.15, 0.2) is 0 Å². The van der Waals surface area contributed by atoms with Crippen molar-refractivity contribution in [1.82, 2.24) is 9.88 Å². The summed E-state index contributed by atoms with van der Waals surface area (Å²) in [7, 11) is 0. The lowest BCUT2D eigenvalue weighted by Gasteiger charge is -2.28. The minimum absolute atomic E-state index is 0.0985. The number of aliphatic hydroxyl groups excluding tert-OH is 3. The van der Waals surface area contributed by atoms with Gasteiger partial charge in [0.15, 0.2) is 5.13 Å². The molecule has 1 aliphatic rings. The molecule has 0 aliphatic carbocycles. The highest BCUT2D eigenvalue weighted by Gasteiger charge is 2.27. The first-order valence-electron chi connectivity index (χ1n) is 6.88. The van der Waals surface area contributed by atoms with Crippen LogP contribution in [0.3, 0.4) is 0 Å². The zero-order chi connectivity index (χ0) is 14.7. The fourth-order valence-corrected chi connectivity index (χ4v) is 3.34. The van der Waals surface area contributed by atoms with Gasteiger partial charge in [0.05, 0.1) is 31.1 Å². The summed E-state index contributed by atoms with van der Waals surface area (Å²) in [6.07, 6.45) is -0.511. The Hall–Kier alpha value is -0.730. The normalized spacial score (nSPS) is 21.5. The van der Waals surface area contributed by atoms with Gasteiger partial charge in [-0.05, 0) is 13.8 Å². The first-order valence-corrected chi connectivity index (χ1v) is 7.69. The van der Waals surface area contributed by atoms with Gasteiger partial charge in [-0.25, -0.2) is 4.98 Å². The van der Waals surface area contributed by atoms with E-state index in [-0.39, 0.29) is 19.3 Å². The first kappa shape index (κ1) is 15.7. The van der Waals surface area contributed by atoms with E-state index < -0.39 is 6.10 Å². The molecular formula is C13H23N3O3S. The van der Waals surface area contributed by atoms with Crippen molar-refractivity contribution in [1.29, 1.82) is 0 Å². The van der Waals surface area contributed by atoms with E-state index in [0.717, 1.165) is 17.4 Å². The van der Waals surface area contributed by atoms with Crippen molar-refractivity contribution in [3.8, 4) is 0 Å². The van der Waals surface area contributed by atoms with Gasteiger partial charge >= 0.3 is 0 Å². The molecule has 2 heterocycles. The van der Waals surface area contributed by atoms with Gasteiger partial charge in [-0.1, -0.05) is 0 Å². The molecule has 0 aromatic carbocycles. The summed E-state index contributed by atoms with van der Waals surface area (Å²) >= 11 is 1.64. The summed E-state index contributed by atoms with van der Waals surface area (Å²) in [4.78, 5) is 9.76. The average Bonchev–Trinajstić information content (AvgIpc) is 2.63. The van der Waals surface area contributed by atoms with Crippen molar-refractivity contribution in [2.24, 2.45) is 0 Å². The second kappa shape index (κ2) is 6.82. The summed E-state index contributed by atoms with van der Waals surface area (Å²) in [5.41, 5.74) is 1.03. The molecule has 0 amide bonds. The summed E-state index contributed by atoms with van der Waals surface area (Å²) in [6, 6.07) is -0.302. The number of hydrogen-bond acceptors (Lipinski definition) is 7. The maximum Gasteiger partial charge on any atom is 0.185 e. The van der Waals surface area contributed by atoms with Crippen LogP contribution in [0.5, 0.6) is 0 Å². The Labute approximate surface area is 123 Å². The molecule has 7 heteroatoms. The Morgan fingerprint density at radius 2 is 1.95 bits per heavy atom. The lowest BCUT2D eigenvalue weighted by atomic mass is 10.2. The minimum atomic E-state index is -0.511. The lowest BCUT2D eigenvalue weighted by molar-refractivity contribution is 0.0483. The summed E-state index contributed by atoms with van der Waals surface area (Å²) in [5.74, 6) is 0. The van der Waals surface area contributed by atoms with Crippen LogP contribution in [0.1, 0.15) is 10.6 Å². The predicted molar refractivity (Wildman–Crippen MR) is 79.3 cm³/mol. The van der Waals surface area contributed by atoms with Crippen molar-refractivity contribution < 1.29 is 15.3 Å². The number of hydrogen-bond donors (Lipinski definition) is 3. The van der Waals surface area contributed by atoms with Gasteiger partial charge in [0.2, 0.25) is 0 Å². The Morgan fingerprint density at radius 1 is 1.25 bits per heavy atom. The van der Waals surface area contributed by atoms with E-state index in [1.807, 2.05) is 18.7 Å². The molecule has 0 saturated carbocycles. The molecule has 3 N–H and O–H groups in total. The van der Waals surface area contributed by atoms with Crippen molar-refractivity contribution >= 4 is 16.5 Å². The molecule has 0 bridgehead atoms. The van der Waals surface area contributed by atoms with Crippen LogP contribution in [-0.2, 0) is 0 Å². The van der Waals surface area contributed by atoms with Crippen LogP contribution >= 0.6 is 11.3 Å². The number of β-amino-alcohol motifs (C(OH)–C–C–N with tert-alkyl or cyclic N) is 1. The third-order valence-corrected chi connectivity index (χ3v) is 4.89. The molecule has 1 aromatic heterocycles. The Bertz CT molecular complexity index is 417. The number of rotatable bonds is 4. The number of thiazole rings is 1. The lowest BCUT2D eigenvalue weighted by Crippen LogP contribution is -2.44. The molecule has 1 fully saturated rings. The van der Waals surface area contributed by atoms with E-state index in [1.54, 1.807) is 11.3 Å². The van der Waals surface area contributed by atoms with E-state index in [0.29, 0.717) is 19.6 Å². The monoisotopic (exact) mass is 301 g/mol. The number of aliphatic hydroxyl groups is 3. The maximum absolute atomic E-state index is 10.1. The second-order valence-corrected chi connectivity index (χ2v) is 6.43. The Morgan fingerprint density at radius 3 is 2.50 bits per heavy atom. The van der Waals surface area contributed by atoms with Crippen molar-refractivity contribution in [2.75, 3.05) is 44.3 Å². The van der Waals surface area contributed by atoms with Crippen LogP contribution in [0.25, 0.3) is 0 Å². The van der Waals surface area contributed by atoms with Crippen molar-refractivity contribution in [3.63, 3.8) is 0 Å². The molecule has 20 heavy (non-hydrogen) atoms. The molecule has 2 rings (SSSR count). The topological polar surface area (TPSA) is 80.1 Å². The Kier molecular flexibility index (Phi) is 5.34. The van der Waals surface area contributed by atoms with Crippen LogP contribution in [-0.4, -0.2) is 76.7 Å². The molecule has 6 nitrogen and oxygen atoms in total. The SMILES string of the molecule is Cc1nc(N2CCN(C(CO)CO)CC(O)C2)sc1C. The molecule has 1 atom stereocenters. The largest absolute Gasteiger partial charge is 0.395 e. The molecule has 1 saturated heterocycles. The van der Waals surface area contributed by atoms with E-state index in [2.05, 4.69) is 9.88 Å². The van der Waals surface area contributed by atoms with Gasteiger partial charge < -0.3 is 20.2 Å². The third kappa shape index (κ3) is 3.48. The third-order valence-electron chi connectivity index (χ3n) is 3.76. The molecule has 1 unspecified atom stereocenters. The summed E-state index contributed by atoms with van der Waals surface area (Å²) in [6.45, 7) is 6.27. The molecule has 1 aliphatic heterocycles. The highest BCUT2D eigenvalue weighted by Crippen LogP contribution is 2.26. The fraction of sp³-hybridized carbons (Fsp3) is 0.769. The van der Waals surface area contributed by atoms with E-state index >= 15 is 0 Å². The highest BCUT2D eigenvalue weighted by atomic mass is 32.1. The van der Waals surface area contributed by atoms with Crippen LogP contribution < -0.4 is 4.90 Å². The molecular weight excluding hydrogens is 278 g/mol. The van der Waals surface area contributed by atoms with Crippen molar-refractivity contribution in [3.05, 3.63) is 10.6 Å². The van der Waals surface area contributed by atoms with Crippen molar-refractivity contribution in [2.45, 2.75) is 26.0 Å². The number of aromatic nitrogens is 1. The average molecular weight is 301 g/mol. The molecule has 114 valence electrons.